The van der Waals surface area contributed by atoms with Gasteiger partial charge in [-0.15, -0.1) is 0 Å². The highest BCUT2D eigenvalue weighted by molar-refractivity contribution is 5.92. The van der Waals surface area contributed by atoms with Crippen molar-refractivity contribution < 1.29 is 4.79 Å². The number of hydrogen-bond acceptors (Lipinski definition) is 2. The number of carbonyl (C=O) groups excluding carboxylic acids is 1. The molecule has 12 heavy (non-hydrogen) atoms. The van der Waals surface area contributed by atoms with E-state index in [1.54, 1.807) is 6.07 Å². The predicted molar refractivity (Wildman–Crippen MR) is 46.7 cm³/mol. The van der Waals surface area contributed by atoms with Gasteiger partial charge in [-0.1, -0.05) is 0 Å². The van der Waals surface area contributed by atoms with E-state index in [9.17, 15) is 4.79 Å². The lowest BCUT2D eigenvalue weighted by atomic mass is 10.4. The Morgan fingerprint density at radius 2 is 2.42 bits per heavy atom. The van der Waals surface area contributed by atoms with Crippen LogP contribution in [-0.4, -0.2) is 17.4 Å². The molecule has 0 unspecified atom stereocenters. The van der Waals surface area contributed by atoms with Gasteiger partial charge in [0.2, 0.25) is 0 Å². The molecule has 4 nitrogen and oxygen atoms in total. The minimum atomic E-state index is -0.0859. The molecule has 1 rings (SSSR count). The molecule has 1 aromatic heterocycles. The molecule has 1 heterocycles. The number of aromatic nitrogens is 1. The Labute approximate surface area is 71.2 Å². The fourth-order valence-electron chi connectivity index (χ4n) is 0.948. The summed E-state index contributed by atoms with van der Waals surface area (Å²) < 4.78 is 0. The summed E-state index contributed by atoms with van der Waals surface area (Å²) in [5.74, 6) is -0.0859. The topological polar surface area (TPSA) is 70.9 Å². The lowest BCUT2D eigenvalue weighted by molar-refractivity contribution is 0.0951. The summed E-state index contributed by atoms with van der Waals surface area (Å²) in [7, 11) is 0. The van der Waals surface area contributed by atoms with E-state index >= 15 is 0 Å². The molecule has 0 atom stereocenters. The van der Waals surface area contributed by atoms with E-state index in [0.29, 0.717) is 18.8 Å². The van der Waals surface area contributed by atoms with Gasteiger partial charge in [-0.25, -0.2) is 0 Å². The summed E-state index contributed by atoms with van der Waals surface area (Å²) in [4.78, 5) is 14.1. The van der Waals surface area contributed by atoms with Crippen molar-refractivity contribution >= 4 is 5.91 Å². The summed E-state index contributed by atoms with van der Waals surface area (Å²) in [6.07, 6.45) is 0. The van der Waals surface area contributed by atoms with Crippen molar-refractivity contribution in [3.8, 4) is 0 Å². The minimum absolute atomic E-state index is 0.0859. The fourth-order valence-corrected chi connectivity index (χ4v) is 0.948. The highest BCUT2D eigenvalue weighted by Crippen LogP contribution is 2.00. The van der Waals surface area contributed by atoms with Crippen LogP contribution >= 0.6 is 0 Å². The van der Waals surface area contributed by atoms with Gasteiger partial charge in [0.25, 0.3) is 5.91 Å². The van der Waals surface area contributed by atoms with E-state index in [0.717, 1.165) is 5.69 Å². The monoisotopic (exact) mass is 167 g/mol. The summed E-state index contributed by atoms with van der Waals surface area (Å²) in [5, 5.41) is 2.69. The summed E-state index contributed by atoms with van der Waals surface area (Å²) in [5.41, 5.74) is 6.81. The summed E-state index contributed by atoms with van der Waals surface area (Å²) in [6.45, 7) is 2.94. The average molecular weight is 167 g/mol. The first kappa shape index (κ1) is 8.80. The van der Waals surface area contributed by atoms with Gasteiger partial charge in [-0.3, -0.25) is 4.79 Å². The maximum atomic E-state index is 11.2. The molecule has 0 aliphatic rings. The molecule has 4 heteroatoms. The van der Waals surface area contributed by atoms with E-state index in [1.807, 2.05) is 13.0 Å². The van der Waals surface area contributed by atoms with Crippen LogP contribution in [0, 0.1) is 0 Å². The van der Waals surface area contributed by atoms with Crippen LogP contribution in [0.3, 0.4) is 0 Å². The van der Waals surface area contributed by atoms with Crippen LogP contribution in [0.25, 0.3) is 0 Å². The first-order chi connectivity index (χ1) is 5.77. The Hall–Kier alpha value is -1.29. The Morgan fingerprint density at radius 1 is 1.67 bits per heavy atom. The largest absolute Gasteiger partial charge is 0.353 e. The highest BCUT2D eigenvalue weighted by atomic mass is 16.1. The number of aromatic amines is 1. The number of H-pyrrole nitrogens is 1. The summed E-state index contributed by atoms with van der Waals surface area (Å²) >= 11 is 0. The zero-order valence-corrected chi connectivity index (χ0v) is 7.05. The van der Waals surface area contributed by atoms with Crippen LogP contribution in [0.15, 0.2) is 12.1 Å². The molecule has 66 valence electrons. The van der Waals surface area contributed by atoms with Crippen LogP contribution in [0.5, 0.6) is 0 Å². The smallest absolute Gasteiger partial charge is 0.267 e. The second-order valence-electron chi connectivity index (χ2n) is 2.46. The van der Waals surface area contributed by atoms with Crippen molar-refractivity contribution in [2.24, 2.45) is 5.73 Å². The molecule has 0 radical (unpaired) electrons. The molecule has 1 aromatic rings. The van der Waals surface area contributed by atoms with Crippen molar-refractivity contribution in [3.63, 3.8) is 0 Å². The normalized spacial score (nSPS) is 9.83. The van der Waals surface area contributed by atoms with Gasteiger partial charge in [-0.05, 0) is 19.1 Å². The van der Waals surface area contributed by atoms with Gasteiger partial charge in [0.1, 0.15) is 5.69 Å². The van der Waals surface area contributed by atoms with Crippen LogP contribution in [0.4, 0.5) is 0 Å². The maximum Gasteiger partial charge on any atom is 0.267 e. The highest BCUT2D eigenvalue weighted by Gasteiger charge is 2.05. The molecule has 0 saturated heterocycles. The van der Waals surface area contributed by atoms with Gasteiger partial charge < -0.3 is 16.0 Å². The molecular weight excluding hydrogens is 154 g/mol. The first-order valence-corrected chi connectivity index (χ1v) is 3.94. The lowest BCUT2D eigenvalue weighted by Gasteiger charge is -1.97. The van der Waals surface area contributed by atoms with Crippen LogP contribution in [-0.2, 0) is 6.54 Å². The van der Waals surface area contributed by atoms with Crippen molar-refractivity contribution in [1.29, 1.82) is 0 Å². The van der Waals surface area contributed by atoms with Gasteiger partial charge in [0.15, 0.2) is 0 Å². The third kappa shape index (κ3) is 1.85. The molecular formula is C8H13N3O. The number of amides is 1. The van der Waals surface area contributed by atoms with Crippen LogP contribution in [0.2, 0.25) is 0 Å². The predicted octanol–water partition coefficient (Wildman–Crippen LogP) is 0.223. The SMILES string of the molecule is CCNC(=O)c1ccc(CN)[nH]1. The molecule has 0 aromatic carbocycles. The number of rotatable bonds is 3. The van der Waals surface area contributed by atoms with E-state index in [2.05, 4.69) is 10.3 Å². The molecule has 4 N–H and O–H groups in total. The third-order valence-electron chi connectivity index (χ3n) is 1.55. The van der Waals surface area contributed by atoms with Crippen molar-refractivity contribution in [1.82, 2.24) is 10.3 Å². The van der Waals surface area contributed by atoms with E-state index in [4.69, 9.17) is 5.73 Å². The average Bonchev–Trinajstić information content (AvgIpc) is 2.52. The van der Waals surface area contributed by atoms with E-state index in [1.165, 1.54) is 0 Å². The van der Waals surface area contributed by atoms with Crippen molar-refractivity contribution in [3.05, 3.63) is 23.5 Å². The van der Waals surface area contributed by atoms with Gasteiger partial charge in [0, 0.05) is 18.8 Å². The second-order valence-corrected chi connectivity index (χ2v) is 2.46. The second kappa shape index (κ2) is 3.92. The molecule has 0 aliphatic carbocycles. The number of carbonyl (C=O) groups is 1. The molecule has 0 spiro atoms. The Morgan fingerprint density at radius 3 is 2.92 bits per heavy atom. The van der Waals surface area contributed by atoms with Gasteiger partial charge in [0.05, 0.1) is 0 Å². The van der Waals surface area contributed by atoms with Crippen molar-refractivity contribution in [2.45, 2.75) is 13.5 Å². The molecule has 0 bridgehead atoms. The quantitative estimate of drug-likeness (QED) is 0.602. The summed E-state index contributed by atoms with van der Waals surface area (Å²) in [6, 6.07) is 3.54. The van der Waals surface area contributed by atoms with Gasteiger partial charge >= 0.3 is 0 Å². The number of nitrogens with two attached hydrogens (primary N) is 1. The maximum absolute atomic E-state index is 11.2. The first-order valence-electron chi connectivity index (χ1n) is 3.94. The van der Waals surface area contributed by atoms with E-state index in [-0.39, 0.29) is 5.91 Å². The standard InChI is InChI=1S/C8H13N3O/c1-2-10-8(12)7-4-3-6(5-9)11-7/h3-4,11H,2,5,9H2,1H3,(H,10,12). The Balaban J connectivity index is 2.68. The Kier molecular flexibility index (Phi) is 2.88. The zero-order valence-electron chi connectivity index (χ0n) is 7.05. The van der Waals surface area contributed by atoms with Crippen molar-refractivity contribution in [2.75, 3.05) is 6.54 Å². The zero-order chi connectivity index (χ0) is 8.97. The molecule has 0 fully saturated rings. The van der Waals surface area contributed by atoms with Crippen LogP contribution < -0.4 is 11.1 Å². The molecule has 1 amide bonds. The third-order valence-corrected chi connectivity index (χ3v) is 1.55. The van der Waals surface area contributed by atoms with E-state index < -0.39 is 0 Å². The fraction of sp³-hybridized carbons (Fsp3) is 0.375. The lowest BCUT2D eigenvalue weighted by Crippen LogP contribution is -2.22. The minimum Gasteiger partial charge on any atom is -0.353 e. The van der Waals surface area contributed by atoms with Crippen LogP contribution in [0.1, 0.15) is 23.1 Å². The number of nitrogens with one attached hydrogen (secondary N) is 2. The molecule has 0 aliphatic heterocycles. The van der Waals surface area contributed by atoms with Gasteiger partial charge in [-0.2, -0.15) is 0 Å². The Bertz CT molecular complexity index is 267. The molecule has 0 saturated carbocycles. The number of hydrogen-bond donors (Lipinski definition) is 3.